The molecule has 0 aromatic heterocycles. The molecule has 1 aromatic carbocycles. The Morgan fingerprint density at radius 3 is 3.00 bits per heavy atom. The van der Waals surface area contributed by atoms with Gasteiger partial charge in [0.15, 0.2) is 0 Å². The van der Waals surface area contributed by atoms with E-state index in [1.807, 2.05) is 12.1 Å². The van der Waals surface area contributed by atoms with Crippen molar-refractivity contribution in [3.05, 3.63) is 29.8 Å². The molecule has 1 saturated heterocycles. The first-order valence-corrected chi connectivity index (χ1v) is 6.82. The molecule has 3 heteroatoms. The monoisotopic (exact) mass is 249 g/mol. The van der Waals surface area contributed by atoms with Crippen LogP contribution in [-0.2, 0) is 4.74 Å². The van der Waals surface area contributed by atoms with Gasteiger partial charge in [-0.05, 0) is 25.5 Å². The largest absolute Gasteiger partial charge is 0.496 e. The Kier molecular flexibility index (Phi) is 5.02. The Hall–Kier alpha value is -1.06. The summed E-state index contributed by atoms with van der Waals surface area (Å²) in [4.78, 5) is 0. The fourth-order valence-corrected chi connectivity index (χ4v) is 2.63. The van der Waals surface area contributed by atoms with Crippen LogP contribution >= 0.6 is 0 Å². The smallest absolute Gasteiger partial charge is 0.124 e. The minimum absolute atomic E-state index is 0.161. The molecule has 3 nitrogen and oxygen atoms in total. The van der Waals surface area contributed by atoms with Crippen LogP contribution in [0.25, 0.3) is 0 Å². The molecule has 0 bridgehead atoms. The Labute approximate surface area is 109 Å². The van der Waals surface area contributed by atoms with Gasteiger partial charge in [-0.15, -0.1) is 0 Å². The molecule has 18 heavy (non-hydrogen) atoms. The highest BCUT2D eigenvalue weighted by Crippen LogP contribution is 2.37. The molecule has 2 unspecified atom stereocenters. The van der Waals surface area contributed by atoms with Gasteiger partial charge in [-0.1, -0.05) is 25.1 Å². The summed E-state index contributed by atoms with van der Waals surface area (Å²) in [6.45, 7) is 5.02. The van der Waals surface area contributed by atoms with E-state index in [9.17, 15) is 0 Å². The first-order valence-electron chi connectivity index (χ1n) is 6.82. The lowest BCUT2D eigenvalue weighted by Crippen LogP contribution is -2.32. The normalized spacial score (nSPS) is 23.9. The Balaban J connectivity index is 2.16. The average Bonchev–Trinajstić information content (AvgIpc) is 2.45. The number of rotatable bonds is 5. The van der Waals surface area contributed by atoms with Crippen LogP contribution in [0.2, 0.25) is 0 Å². The molecule has 1 aromatic rings. The van der Waals surface area contributed by atoms with E-state index in [4.69, 9.17) is 9.47 Å². The third kappa shape index (κ3) is 3.03. The van der Waals surface area contributed by atoms with Crippen molar-refractivity contribution in [2.45, 2.75) is 25.9 Å². The van der Waals surface area contributed by atoms with Crippen molar-refractivity contribution < 1.29 is 9.47 Å². The molecular formula is C15H23NO2. The van der Waals surface area contributed by atoms with Gasteiger partial charge in [0.25, 0.3) is 0 Å². The van der Waals surface area contributed by atoms with Crippen molar-refractivity contribution >= 4 is 0 Å². The SMILES string of the molecule is CCNCC1CCCOC1c1ccccc1OC. The summed E-state index contributed by atoms with van der Waals surface area (Å²) in [5, 5.41) is 3.43. The van der Waals surface area contributed by atoms with Gasteiger partial charge >= 0.3 is 0 Å². The Morgan fingerprint density at radius 2 is 2.22 bits per heavy atom. The molecule has 2 rings (SSSR count). The van der Waals surface area contributed by atoms with Crippen LogP contribution in [0.3, 0.4) is 0 Å². The molecule has 1 heterocycles. The maximum absolute atomic E-state index is 6.00. The average molecular weight is 249 g/mol. The summed E-state index contributed by atoms with van der Waals surface area (Å²) < 4.78 is 11.4. The van der Waals surface area contributed by atoms with Crippen molar-refractivity contribution in [2.24, 2.45) is 5.92 Å². The second-order valence-electron chi connectivity index (χ2n) is 4.74. The Morgan fingerprint density at radius 1 is 1.39 bits per heavy atom. The number of nitrogens with one attached hydrogen (secondary N) is 1. The molecule has 0 amide bonds. The van der Waals surface area contributed by atoms with Crippen LogP contribution in [0.4, 0.5) is 0 Å². The van der Waals surface area contributed by atoms with E-state index in [1.54, 1.807) is 7.11 Å². The molecule has 1 fully saturated rings. The Bertz CT molecular complexity index is 367. The van der Waals surface area contributed by atoms with Gasteiger partial charge in [0.2, 0.25) is 0 Å². The van der Waals surface area contributed by atoms with E-state index in [-0.39, 0.29) is 6.10 Å². The van der Waals surface area contributed by atoms with Crippen molar-refractivity contribution in [2.75, 3.05) is 26.8 Å². The van der Waals surface area contributed by atoms with E-state index in [1.165, 1.54) is 12.0 Å². The maximum Gasteiger partial charge on any atom is 0.124 e. The summed E-state index contributed by atoms with van der Waals surface area (Å²) >= 11 is 0. The van der Waals surface area contributed by atoms with Crippen LogP contribution < -0.4 is 10.1 Å². The van der Waals surface area contributed by atoms with Crippen LogP contribution in [0.15, 0.2) is 24.3 Å². The first-order chi connectivity index (χ1) is 8.86. The highest BCUT2D eigenvalue weighted by Gasteiger charge is 2.28. The van der Waals surface area contributed by atoms with Gasteiger partial charge in [0, 0.05) is 24.6 Å². The number of methoxy groups -OCH3 is 1. The number of hydrogen-bond donors (Lipinski definition) is 1. The van der Waals surface area contributed by atoms with Crippen molar-refractivity contribution in [3.63, 3.8) is 0 Å². The summed E-state index contributed by atoms with van der Waals surface area (Å²) in [6.07, 6.45) is 2.53. The standard InChI is InChI=1S/C15H23NO2/c1-3-16-11-12-7-6-10-18-15(12)13-8-4-5-9-14(13)17-2/h4-5,8-9,12,15-16H,3,6-7,10-11H2,1-2H3. The zero-order valence-corrected chi connectivity index (χ0v) is 11.3. The van der Waals surface area contributed by atoms with Crippen LogP contribution in [0, 0.1) is 5.92 Å². The van der Waals surface area contributed by atoms with E-state index >= 15 is 0 Å². The topological polar surface area (TPSA) is 30.5 Å². The lowest BCUT2D eigenvalue weighted by molar-refractivity contribution is -0.0287. The highest BCUT2D eigenvalue weighted by molar-refractivity contribution is 5.35. The molecular weight excluding hydrogens is 226 g/mol. The summed E-state index contributed by atoms with van der Waals surface area (Å²) in [6, 6.07) is 8.19. The first kappa shape index (κ1) is 13.4. The predicted octanol–water partition coefficient (Wildman–Crippen LogP) is 2.77. The zero-order chi connectivity index (χ0) is 12.8. The van der Waals surface area contributed by atoms with E-state index < -0.39 is 0 Å². The van der Waals surface area contributed by atoms with Gasteiger partial charge in [-0.3, -0.25) is 0 Å². The van der Waals surface area contributed by atoms with Gasteiger partial charge in [0.1, 0.15) is 5.75 Å². The fraction of sp³-hybridized carbons (Fsp3) is 0.600. The van der Waals surface area contributed by atoms with Gasteiger partial charge in [-0.2, -0.15) is 0 Å². The van der Waals surface area contributed by atoms with Crippen LogP contribution in [0.5, 0.6) is 5.75 Å². The molecule has 1 N–H and O–H groups in total. The lowest BCUT2D eigenvalue weighted by atomic mass is 9.89. The summed E-state index contributed by atoms with van der Waals surface area (Å²) in [7, 11) is 1.72. The van der Waals surface area contributed by atoms with Crippen molar-refractivity contribution in [1.82, 2.24) is 5.32 Å². The molecule has 0 aliphatic carbocycles. The predicted molar refractivity (Wildman–Crippen MR) is 73.0 cm³/mol. The highest BCUT2D eigenvalue weighted by atomic mass is 16.5. The maximum atomic E-state index is 6.00. The fourth-order valence-electron chi connectivity index (χ4n) is 2.63. The third-order valence-electron chi connectivity index (χ3n) is 3.55. The van der Waals surface area contributed by atoms with Gasteiger partial charge < -0.3 is 14.8 Å². The lowest BCUT2D eigenvalue weighted by Gasteiger charge is -2.33. The van der Waals surface area contributed by atoms with E-state index in [0.717, 1.165) is 31.9 Å². The van der Waals surface area contributed by atoms with Crippen LogP contribution in [0.1, 0.15) is 31.4 Å². The number of ether oxygens (including phenoxy) is 2. The quantitative estimate of drug-likeness (QED) is 0.870. The van der Waals surface area contributed by atoms with Gasteiger partial charge in [-0.25, -0.2) is 0 Å². The van der Waals surface area contributed by atoms with Crippen molar-refractivity contribution in [3.8, 4) is 5.75 Å². The molecule has 0 radical (unpaired) electrons. The summed E-state index contributed by atoms with van der Waals surface area (Å²) in [5.74, 6) is 1.47. The minimum Gasteiger partial charge on any atom is -0.496 e. The number of benzene rings is 1. The van der Waals surface area contributed by atoms with Crippen molar-refractivity contribution in [1.29, 1.82) is 0 Å². The second-order valence-corrected chi connectivity index (χ2v) is 4.74. The minimum atomic E-state index is 0.161. The molecule has 1 aliphatic heterocycles. The number of para-hydroxylation sites is 1. The molecule has 0 saturated carbocycles. The second kappa shape index (κ2) is 6.76. The zero-order valence-electron chi connectivity index (χ0n) is 11.3. The molecule has 2 atom stereocenters. The third-order valence-corrected chi connectivity index (χ3v) is 3.55. The van der Waals surface area contributed by atoms with Crippen LogP contribution in [-0.4, -0.2) is 26.8 Å². The van der Waals surface area contributed by atoms with E-state index in [0.29, 0.717) is 5.92 Å². The van der Waals surface area contributed by atoms with Gasteiger partial charge in [0.05, 0.1) is 13.2 Å². The molecule has 100 valence electrons. The van der Waals surface area contributed by atoms with E-state index in [2.05, 4.69) is 24.4 Å². The number of hydrogen-bond acceptors (Lipinski definition) is 3. The molecule has 0 spiro atoms. The summed E-state index contributed by atoms with van der Waals surface area (Å²) in [5.41, 5.74) is 1.18. The molecule has 1 aliphatic rings.